The molecular formula is C8H8BrF2NO2. The van der Waals surface area contributed by atoms with E-state index < -0.39 is 6.43 Å². The van der Waals surface area contributed by atoms with Crippen LogP contribution in [0.4, 0.5) is 8.78 Å². The van der Waals surface area contributed by atoms with E-state index in [9.17, 15) is 8.78 Å². The lowest BCUT2D eigenvalue weighted by atomic mass is 10.2. The van der Waals surface area contributed by atoms with Crippen molar-refractivity contribution in [1.82, 2.24) is 4.98 Å². The second kappa shape index (κ2) is 4.65. The SMILES string of the molecule is COc1c(CO)ncc(C(F)F)c1Br. The Labute approximate surface area is 87.9 Å². The van der Waals surface area contributed by atoms with Crippen LogP contribution in [0.25, 0.3) is 0 Å². The molecule has 0 saturated heterocycles. The maximum Gasteiger partial charge on any atom is 0.266 e. The van der Waals surface area contributed by atoms with Gasteiger partial charge < -0.3 is 9.84 Å². The molecule has 0 radical (unpaired) electrons. The van der Waals surface area contributed by atoms with Crippen molar-refractivity contribution in [3.8, 4) is 5.75 Å². The van der Waals surface area contributed by atoms with Crippen LogP contribution in [0, 0.1) is 0 Å². The molecule has 1 rings (SSSR count). The van der Waals surface area contributed by atoms with Crippen molar-refractivity contribution in [3.05, 3.63) is 21.9 Å². The summed E-state index contributed by atoms with van der Waals surface area (Å²) >= 11 is 2.98. The molecule has 1 aromatic heterocycles. The van der Waals surface area contributed by atoms with Crippen molar-refractivity contribution >= 4 is 15.9 Å². The third-order valence-corrected chi connectivity index (χ3v) is 2.48. The summed E-state index contributed by atoms with van der Waals surface area (Å²) in [5, 5.41) is 8.85. The van der Waals surface area contributed by atoms with E-state index >= 15 is 0 Å². The molecule has 0 atom stereocenters. The number of halogens is 3. The zero-order valence-electron chi connectivity index (χ0n) is 7.30. The molecule has 0 bridgehead atoms. The second-order valence-electron chi connectivity index (χ2n) is 2.47. The number of methoxy groups -OCH3 is 1. The number of aliphatic hydroxyl groups excluding tert-OH is 1. The number of aromatic nitrogens is 1. The first-order valence-corrected chi connectivity index (χ1v) is 4.51. The van der Waals surface area contributed by atoms with Crippen LogP contribution in [0.2, 0.25) is 0 Å². The number of rotatable bonds is 3. The Morgan fingerprint density at radius 2 is 2.29 bits per heavy atom. The van der Waals surface area contributed by atoms with Gasteiger partial charge in [-0.25, -0.2) is 8.78 Å². The second-order valence-corrected chi connectivity index (χ2v) is 3.26. The van der Waals surface area contributed by atoms with Crippen LogP contribution < -0.4 is 4.74 Å². The van der Waals surface area contributed by atoms with Gasteiger partial charge in [0.05, 0.1) is 23.8 Å². The molecule has 3 nitrogen and oxygen atoms in total. The lowest BCUT2D eigenvalue weighted by Gasteiger charge is -2.10. The van der Waals surface area contributed by atoms with E-state index in [1.54, 1.807) is 0 Å². The van der Waals surface area contributed by atoms with Crippen LogP contribution in [0.15, 0.2) is 10.7 Å². The van der Waals surface area contributed by atoms with Crippen LogP contribution >= 0.6 is 15.9 Å². The Morgan fingerprint density at radius 1 is 1.64 bits per heavy atom. The average molecular weight is 268 g/mol. The Balaban J connectivity index is 3.27. The summed E-state index contributed by atoms with van der Waals surface area (Å²) in [6.07, 6.45) is -1.61. The molecule has 78 valence electrons. The maximum atomic E-state index is 12.4. The molecule has 0 unspecified atom stereocenters. The molecule has 0 aliphatic heterocycles. The summed E-state index contributed by atoms with van der Waals surface area (Å²) in [4.78, 5) is 3.67. The molecule has 0 aliphatic rings. The number of ether oxygens (including phenoxy) is 1. The number of nitrogens with zero attached hydrogens (tertiary/aromatic N) is 1. The van der Waals surface area contributed by atoms with E-state index in [4.69, 9.17) is 9.84 Å². The third-order valence-electron chi connectivity index (χ3n) is 1.66. The van der Waals surface area contributed by atoms with Gasteiger partial charge in [-0.3, -0.25) is 4.98 Å². The highest BCUT2D eigenvalue weighted by Crippen LogP contribution is 2.35. The fourth-order valence-electron chi connectivity index (χ4n) is 0.993. The number of pyridine rings is 1. The van der Waals surface area contributed by atoms with Crippen LogP contribution in [0.3, 0.4) is 0 Å². The lowest BCUT2D eigenvalue weighted by Crippen LogP contribution is -2.00. The van der Waals surface area contributed by atoms with Gasteiger partial charge in [0.1, 0.15) is 5.69 Å². The van der Waals surface area contributed by atoms with E-state index in [-0.39, 0.29) is 28.1 Å². The standard InChI is InChI=1S/C8H8BrF2NO2/c1-14-7-5(3-13)12-2-4(6(7)9)8(10)11/h2,8,13H,3H2,1H3. The quantitative estimate of drug-likeness (QED) is 0.914. The number of hydrogen-bond donors (Lipinski definition) is 1. The Bertz CT molecular complexity index is 333. The number of aliphatic hydroxyl groups is 1. The molecule has 1 N–H and O–H groups in total. The van der Waals surface area contributed by atoms with Gasteiger partial charge in [-0.2, -0.15) is 0 Å². The van der Waals surface area contributed by atoms with Gasteiger partial charge in [0.25, 0.3) is 6.43 Å². The highest BCUT2D eigenvalue weighted by Gasteiger charge is 2.18. The molecule has 14 heavy (non-hydrogen) atoms. The minimum Gasteiger partial charge on any atom is -0.494 e. The molecule has 0 aliphatic carbocycles. The van der Waals surface area contributed by atoms with Gasteiger partial charge >= 0.3 is 0 Å². The topological polar surface area (TPSA) is 42.4 Å². The van der Waals surface area contributed by atoms with E-state index in [0.717, 1.165) is 6.20 Å². The smallest absolute Gasteiger partial charge is 0.266 e. The molecule has 1 heterocycles. The molecule has 0 spiro atoms. The monoisotopic (exact) mass is 267 g/mol. The van der Waals surface area contributed by atoms with Gasteiger partial charge in [-0.1, -0.05) is 0 Å². The highest BCUT2D eigenvalue weighted by molar-refractivity contribution is 9.10. The normalized spacial score (nSPS) is 10.7. The van der Waals surface area contributed by atoms with Crippen LogP contribution in [-0.2, 0) is 6.61 Å². The Kier molecular flexibility index (Phi) is 3.77. The van der Waals surface area contributed by atoms with E-state index in [0.29, 0.717) is 0 Å². The first kappa shape index (κ1) is 11.3. The van der Waals surface area contributed by atoms with Crippen LogP contribution in [0.5, 0.6) is 5.75 Å². The highest BCUT2D eigenvalue weighted by atomic mass is 79.9. The zero-order valence-corrected chi connectivity index (χ0v) is 8.88. The summed E-state index contributed by atoms with van der Waals surface area (Å²) in [7, 11) is 1.33. The van der Waals surface area contributed by atoms with Crippen molar-refractivity contribution in [3.63, 3.8) is 0 Å². The van der Waals surface area contributed by atoms with Crippen molar-refractivity contribution in [1.29, 1.82) is 0 Å². The summed E-state index contributed by atoms with van der Waals surface area (Å²) in [6.45, 7) is -0.356. The van der Waals surface area contributed by atoms with Crippen LogP contribution in [-0.4, -0.2) is 17.2 Å². The lowest BCUT2D eigenvalue weighted by molar-refractivity contribution is 0.149. The van der Waals surface area contributed by atoms with Crippen molar-refractivity contribution < 1.29 is 18.6 Å². The number of alkyl halides is 2. The number of hydrogen-bond acceptors (Lipinski definition) is 3. The zero-order chi connectivity index (χ0) is 10.7. The molecule has 6 heteroatoms. The van der Waals surface area contributed by atoms with Crippen molar-refractivity contribution in [2.75, 3.05) is 7.11 Å². The van der Waals surface area contributed by atoms with Crippen molar-refractivity contribution in [2.24, 2.45) is 0 Å². The molecule has 0 saturated carbocycles. The molecule has 0 fully saturated rings. The summed E-state index contributed by atoms with van der Waals surface area (Å²) in [5.41, 5.74) is -0.0252. The molecule has 1 aromatic rings. The first-order valence-electron chi connectivity index (χ1n) is 3.72. The summed E-state index contributed by atoms with van der Waals surface area (Å²) in [6, 6.07) is 0. The van der Waals surface area contributed by atoms with Gasteiger partial charge in [0.15, 0.2) is 5.75 Å². The maximum absolute atomic E-state index is 12.4. The van der Waals surface area contributed by atoms with Gasteiger partial charge in [0.2, 0.25) is 0 Å². The minimum absolute atomic E-state index is 0.133. The summed E-state index contributed by atoms with van der Waals surface area (Å²) in [5.74, 6) is 0.144. The van der Waals surface area contributed by atoms with Crippen LogP contribution in [0.1, 0.15) is 17.7 Å². The molecular weight excluding hydrogens is 260 g/mol. The average Bonchev–Trinajstić information content (AvgIpc) is 2.16. The predicted octanol–water partition coefficient (Wildman–Crippen LogP) is 2.28. The molecule has 0 amide bonds. The fraction of sp³-hybridized carbons (Fsp3) is 0.375. The van der Waals surface area contributed by atoms with Gasteiger partial charge in [-0.15, -0.1) is 0 Å². The third kappa shape index (κ3) is 2.01. The van der Waals surface area contributed by atoms with E-state index in [2.05, 4.69) is 20.9 Å². The van der Waals surface area contributed by atoms with E-state index in [1.807, 2.05) is 0 Å². The first-order chi connectivity index (χ1) is 6.61. The van der Waals surface area contributed by atoms with Gasteiger partial charge in [0, 0.05) is 6.20 Å². The molecule has 0 aromatic carbocycles. The van der Waals surface area contributed by atoms with Gasteiger partial charge in [-0.05, 0) is 15.9 Å². The Morgan fingerprint density at radius 3 is 2.71 bits per heavy atom. The van der Waals surface area contributed by atoms with E-state index in [1.165, 1.54) is 7.11 Å². The van der Waals surface area contributed by atoms with Crippen molar-refractivity contribution in [2.45, 2.75) is 13.0 Å². The predicted molar refractivity (Wildman–Crippen MR) is 49.4 cm³/mol. The largest absolute Gasteiger partial charge is 0.494 e. The Hall–Kier alpha value is -0.750. The summed E-state index contributed by atoms with van der Waals surface area (Å²) < 4.78 is 29.8. The fourth-order valence-corrected chi connectivity index (χ4v) is 1.66. The minimum atomic E-state index is -2.63.